The molecule has 2 N–H and O–H groups in total. The number of nitrogens with zero attached hydrogens (tertiary/aromatic N) is 1. The molecule has 1 aromatic rings. The minimum atomic E-state index is -0.512. The molecule has 0 spiro atoms. The van der Waals surface area contributed by atoms with Gasteiger partial charge in [-0.2, -0.15) is 0 Å². The van der Waals surface area contributed by atoms with Crippen molar-refractivity contribution in [2.75, 3.05) is 5.73 Å². The zero-order valence-corrected chi connectivity index (χ0v) is 7.34. The highest BCUT2D eigenvalue weighted by molar-refractivity contribution is 7.80. The zero-order valence-electron chi connectivity index (χ0n) is 6.44. The fraction of sp³-hybridized carbons (Fsp3) is 0.143. The quantitative estimate of drug-likeness (QED) is 0.302. The summed E-state index contributed by atoms with van der Waals surface area (Å²) in [6.07, 6.45) is 0. The molecule has 12 heavy (non-hydrogen) atoms. The van der Waals surface area contributed by atoms with Gasteiger partial charge in [0.2, 0.25) is 0 Å². The van der Waals surface area contributed by atoms with Crippen LogP contribution in [0.15, 0.2) is 17.0 Å². The number of hydrogen-bond acceptors (Lipinski definition) is 4. The van der Waals surface area contributed by atoms with Gasteiger partial charge < -0.3 is 5.73 Å². The smallest absolute Gasteiger partial charge is 0.293 e. The minimum Gasteiger partial charge on any atom is -0.392 e. The first-order chi connectivity index (χ1) is 5.52. The molecule has 0 atom stereocenters. The van der Waals surface area contributed by atoms with Gasteiger partial charge in [-0.3, -0.25) is 10.1 Å². The van der Waals surface area contributed by atoms with E-state index in [1.807, 2.05) is 0 Å². The van der Waals surface area contributed by atoms with Gasteiger partial charge in [0.15, 0.2) is 0 Å². The predicted molar refractivity (Wildman–Crippen MR) is 49.5 cm³/mol. The van der Waals surface area contributed by atoms with Crippen molar-refractivity contribution >= 4 is 24.0 Å². The van der Waals surface area contributed by atoms with Crippen LogP contribution in [-0.4, -0.2) is 4.92 Å². The summed E-state index contributed by atoms with van der Waals surface area (Å²) in [5, 5.41) is 10.4. The first-order valence-corrected chi connectivity index (χ1v) is 3.70. The van der Waals surface area contributed by atoms with E-state index in [-0.39, 0.29) is 11.4 Å². The van der Waals surface area contributed by atoms with Crippen LogP contribution in [0.1, 0.15) is 5.56 Å². The van der Waals surface area contributed by atoms with Gasteiger partial charge in [0.05, 0.1) is 4.92 Å². The Morgan fingerprint density at radius 2 is 2.17 bits per heavy atom. The van der Waals surface area contributed by atoms with Gasteiger partial charge >= 0.3 is 0 Å². The number of nitro groups is 1. The molecule has 0 aliphatic rings. The number of anilines is 1. The number of rotatable bonds is 1. The summed E-state index contributed by atoms with van der Waals surface area (Å²) in [7, 11) is 0. The Bertz CT molecular complexity index is 338. The van der Waals surface area contributed by atoms with E-state index in [0.717, 1.165) is 5.56 Å². The first kappa shape index (κ1) is 8.86. The van der Waals surface area contributed by atoms with Gasteiger partial charge in [0.25, 0.3) is 5.69 Å². The number of hydrogen-bond donors (Lipinski definition) is 2. The van der Waals surface area contributed by atoms with E-state index in [9.17, 15) is 10.1 Å². The van der Waals surface area contributed by atoms with Crippen molar-refractivity contribution in [3.05, 3.63) is 27.8 Å². The molecule has 0 saturated carbocycles. The Balaban J connectivity index is 3.37. The number of thiol groups is 1. The molecule has 0 bridgehead atoms. The molecule has 4 nitrogen and oxygen atoms in total. The highest BCUT2D eigenvalue weighted by atomic mass is 32.1. The average molecular weight is 184 g/mol. The van der Waals surface area contributed by atoms with Crippen molar-refractivity contribution < 1.29 is 4.92 Å². The largest absolute Gasteiger partial charge is 0.392 e. The Kier molecular flexibility index (Phi) is 2.23. The van der Waals surface area contributed by atoms with E-state index >= 15 is 0 Å². The molecule has 0 aliphatic carbocycles. The zero-order chi connectivity index (χ0) is 9.30. The molecule has 0 radical (unpaired) electrons. The lowest BCUT2D eigenvalue weighted by molar-refractivity contribution is -0.384. The lowest BCUT2D eigenvalue weighted by Crippen LogP contribution is -1.97. The average Bonchev–Trinajstić information content (AvgIpc) is 1.96. The summed E-state index contributed by atoms with van der Waals surface area (Å²) < 4.78 is 0. The monoisotopic (exact) mass is 184 g/mol. The van der Waals surface area contributed by atoms with E-state index < -0.39 is 4.92 Å². The third kappa shape index (κ3) is 1.50. The molecule has 0 saturated heterocycles. The lowest BCUT2D eigenvalue weighted by atomic mass is 10.2. The summed E-state index contributed by atoms with van der Waals surface area (Å²) in [6, 6.07) is 3.11. The third-order valence-corrected chi connectivity index (χ3v) is 1.85. The molecule has 0 amide bonds. The van der Waals surface area contributed by atoms with Crippen LogP contribution in [0.4, 0.5) is 11.4 Å². The molecule has 0 unspecified atom stereocenters. The number of nitrogens with two attached hydrogens (primary N) is 1. The SMILES string of the molecule is Cc1cc(S)c(N)c([N+](=O)[O-])c1. The van der Waals surface area contributed by atoms with Crippen LogP contribution >= 0.6 is 12.6 Å². The number of benzene rings is 1. The van der Waals surface area contributed by atoms with Crippen LogP contribution in [0.25, 0.3) is 0 Å². The van der Waals surface area contributed by atoms with Crippen molar-refractivity contribution in [2.24, 2.45) is 0 Å². The van der Waals surface area contributed by atoms with Crippen LogP contribution in [-0.2, 0) is 0 Å². The maximum Gasteiger partial charge on any atom is 0.293 e. The molecule has 0 fully saturated rings. The summed E-state index contributed by atoms with van der Waals surface area (Å²) in [5.74, 6) is 0. The molecule has 1 aromatic carbocycles. The second kappa shape index (κ2) is 3.02. The highest BCUT2D eigenvalue weighted by Gasteiger charge is 2.13. The summed E-state index contributed by atoms with van der Waals surface area (Å²) >= 11 is 4.00. The van der Waals surface area contributed by atoms with Gasteiger partial charge in [-0.15, -0.1) is 12.6 Å². The Morgan fingerprint density at radius 1 is 1.58 bits per heavy atom. The Hall–Kier alpha value is -1.23. The molecule has 0 heterocycles. The highest BCUT2D eigenvalue weighted by Crippen LogP contribution is 2.28. The van der Waals surface area contributed by atoms with Crippen LogP contribution in [0.2, 0.25) is 0 Å². The molecule has 64 valence electrons. The molecule has 0 aromatic heterocycles. The molecule has 1 rings (SSSR count). The standard InChI is InChI=1S/C7H8N2O2S/c1-4-2-5(9(10)11)7(8)6(12)3-4/h2-3,12H,8H2,1H3. The fourth-order valence-electron chi connectivity index (χ4n) is 0.911. The Morgan fingerprint density at radius 3 is 2.67 bits per heavy atom. The van der Waals surface area contributed by atoms with Crippen LogP contribution in [0.5, 0.6) is 0 Å². The number of nitro benzene ring substituents is 1. The maximum absolute atomic E-state index is 10.4. The molecular weight excluding hydrogens is 176 g/mol. The van der Waals surface area contributed by atoms with Crippen LogP contribution in [0.3, 0.4) is 0 Å². The van der Waals surface area contributed by atoms with Gasteiger partial charge in [0, 0.05) is 11.0 Å². The summed E-state index contributed by atoms with van der Waals surface area (Å²) in [4.78, 5) is 10.4. The molecule has 0 aliphatic heterocycles. The lowest BCUT2D eigenvalue weighted by Gasteiger charge is -2.01. The fourth-order valence-corrected chi connectivity index (χ4v) is 1.23. The van der Waals surface area contributed by atoms with Gasteiger partial charge in [-0.25, -0.2) is 0 Å². The van der Waals surface area contributed by atoms with Crippen LogP contribution < -0.4 is 5.73 Å². The maximum atomic E-state index is 10.4. The van der Waals surface area contributed by atoms with Crippen molar-refractivity contribution in [3.63, 3.8) is 0 Å². The third-order valence-electron chi connectivity index (χ3n) is 1.48. The normalized spacial score (nSPS) is 9.83. The van der Waals surface area contributed by atoms with E-state index in [4.69, 9.17) is 5.73 Å². The van der Waals surface area contributed by atoms with E-state index in [1.54, 1.807) is 13.0 Å². The number of nitrogen functional groups attached to an aromatic ring is 1. The van der Waals surface area contributed by atoms with Crippen molar-refractivity contribution in [3.8, 4) is 0 Å². The minimum absolute atomic E-state index is 0.0833. The van der Waals surface area contributed by atoms with Crippen molar-refractivity contribution in [2.45, 2.75) is 11.8 Å². The van der Waals surface area contributed by atoms with Crippen molar-refractivity contribution in [1.82, 2.24) is 0 Å². The van der Waals surface area contributed by atoms with E-state index in [1.165, 1.54) is 6.07 Å². The molecule has 5 heteroatoms. The summed E-state index contributed by atoms with van der Waals surface area (Å²) in [5.41, 5.74) is 6.25. The second-order valence-corrected chi connectivity index (χ2v) is 2.96. The van der Waals surface area contributed by atoms with Gasteiger partial charge in [-0.1, -0.05) is 0 Å². The Labute approximate surface area is 74.9 Å². The van der Waals surface area contributed by atoms with Crippen molar-refractivity contribution in [1.29, 1.82) is 0 Å². The predicted octanol–water partition coefficient (Wildman–Crippen LogP) is 1.77. The van der Waals surface area contributed by atoms with Crippen LogP contribution in [0, 0.1) is 17.0 Å². The topological polar surface area (TPSA) is 69.2 Å². The van der Waals surface area contributed by atoms with Gasteiger partial charge in [-0.05, 0) is 18.6 Å². The molecular formula is C7H8N2O2S. The van der Waals surface area contributed by atoms with Gasteiger partial charge in [0.1, 0.15) is 5.69 Å². The second-order valence-electron chi connectivity index (χ2n) is 2.47. The van der Waals surface area contributed by atoms with E-state index in [2.05, 4.69) is 12.6 Å². The number of aryl methyl sites for hydroxylation is 1. The summed E-state index contributed by atoms with van der Waals surface area (Å²) in [6.45, 7) is 1.76. The van der Waals surface area contributed by atoms with E-state index in [0.29, 0.717) is 4.90 Å². The first-order valence-electron chi connectivity index (χ1n) is 3.26.